The van der Waals surface area contributed by atoms with Gasteiger partial charge in [-0.2, -0.15) is 0 Å². The zero-order valence-corrected chi connectivity index (χ0v) is 21.6. The molecule has 3 aromatic rings. The largest absolute Gasteiger partial charge is 0.350 e. The number of nitrogens with one attached hydrogen (secondary N) is 1. The molecule has 190 valence electrons. The van der Waals surface area contributed by atoms with Crippen LogP contribution in [-0.4, -0.2) is 80.2 Å². The minimum Gasteiger partial charge on any atom is -0.350 e. The maximum atomic E-state index is 12.9. The maximum Gasteiger partial charge on any atom is 0.251 e. The number of rotatable bonds is 9. The first-order valence-corrected chi connectivity index (χ1v) is 13.5. The zero-order chi connectivity index (χ0) is 25.5. The Morgan fingerprint density at radius 2 is 1.67 bits per heavy atom. The summed E-state index contributed by atoms with van der Waals surface area (Å²) in [6.45, 7) is 5.03. The Balaban J connectivity index is 1.40. The molecule has 1 aliphatic rings. The highest BCUT2D eigenvalue weighted by Gasteiger charge is 2.26. The Bertz CT molecular complexity index is 1230. The van der Waals surface area contributed by atoms with E-state index in [1.54, 1.807) is 18.3 Å². The molecule has 2 heterocycles. The van der Waals surface area contributed by atoms with Crippen LogP contribution in [0.25, 0.3) is 0 Å². The highest BCUT2D eigenvalue weighted by molar-refractivity contribution is 7.89. The van der Waals surface area contributed by atoms with E-state index in [1.165, 1.54) is 31.8 Å². The first-order chi connectivity index (χ1) is 17.3. The van der Waals surface area contributed by atoms with Crippen molar-refractivity contribution in [3.8, 4) is 0 Å². The number of aromatic nitrogens is 1. The molecule has 1 aromatic heterocycles. The van der Waals surface area contributed by atoms with Crippen LogP contribution >= 0.6 is 0 Å². The standard InChI is InChI=1S/C27H33N5O3S/c1-30(2)36(34,35)25-12-10-23(11-13-25)27(33)29-20-26(24-9-6-14-28-19-24)32-17-15-31(16-18-32)21-22-7-4-3-5-8-22/h3-14,19,26H,15-18,20-21H2,1-2H3,(H,29,33). The van der Waals surface area contributed by atoms with E-state index in [1.807, 2.05) is 24.4 Å². The molecule has 1 amide bonds. The molecular formula is C27H33N5O3S. The van der Waals surface area contributed by atoms with Gasteiger partial charge in [-0.25, -0.2) is 12.7 Å². The Labute approximate surface area is 213 Å². The molecule has 1 atom stereocenters. The summed E-state index contributed by atoms with van der Waals surface area (Å²) in [5.74, 6) is -0.236. The van der Waals surface area contributed by atoms with Gasteiger partial charge in [0, 0.05) is 71.3 Å². The summed E-state index contributed by atoms with van der Waals surface area (Å²) in [4.78, 5) is 22.2. The highest BCUT2D eigenvalue weighted by Crippen LogP contribution is 2.22. The SMILES string of the molecule is CN(C)S(=O)(=O)c1ccc(C(=O)NCC(c2cccnc2)N2CCN(Cc3ccccc3)CC2)cc1. The van der Waals surface area contributed by atoms with E-state index in [0.29, 0.717) is 12.1 Å². The molecule has 0 aliphatic carbocycles. The van der Waals surface area contributed by atoms with Crippen molar-refractivity contribution >= 4 is 15.9 Å². The fraction of sp³-hybridized carbons (Fsp3) is 0.333. The Hall–Kier alpha value is -3.11. The molecule has 0 radical (unpaired) electrons. The van der Waals surface area contributed by atoms with E-state index in [4.69, 9.17) is 0 Å². The summed E-state index contributed by atoms with van der Waals surface area (Å²) in [6.07, 6.45) is 3.61. The normalized spacial score (nSPS) is 16.1. The molecule has 0 spiro atoms. The fourth-order valence-corrected chi connectivity index (χ4v) is 5.29. The molecule has 0 saturated carbocycles. The number of carbonyl (C=O) groups excluding carboxylic acids is 1. The first-order valence-electron chi connectivity index (χ1n) is 12.1. The molecule has 1 unspecified atom stereocenters. The predicted octanol–water partition coefficient (Wildman–Crippen LogP) is 2.62. The minimum atomic E-state index is -3.54. The van der Waals surface area contributed by atoms with Crippen molar-refractivity contribution in [3.63, 3.8) is 0 Å². The average molecular weight is 508 g/mol. The van der Waals surface area contributed by atoms with Crippen molar-refractivity contribution in [2.24, 2.45) is 0 Å². The van der Waals surface area contributed by atoms with E-state index in [2.05, 4.69) is 44.4 Å². The summed E-state index contributed by atoms with van der Waals surface area (Å²) >= 11 is 0. The van der Waals surface area contributed by atoms with E-state index in [0.717, 1.165) is 42.6 Å². The van der Waals surface area contributed by atoms with Crippen molar-refractivity contribution in [3.05, 3.63) is 95.8 Å². The van der Waals surface area contributed by atoms with Gasteiger partial charge in [-0.05, 0) is 41.5 Å². The lowest BCUT2D eigenvalue weighted by atomic mass is 10.1. The van der Waals surface area contributed by atoms with Crippen LogP contribution < -0.4 is 5.32 Å². The smallest absolute Gasteiger partial charge is 0.251 e. The second-order valence-electron chi connectivity index (χ2n) is 9.12. The summed E-state index contributed by atoms with van der Waals surface area (Å²) in [7, 11) is -0.572. The van der Waals surface area contributed by atoms with Crippen LogP contribution in [0.5, 0.6) is 0 Å². The monoisotopic (exact) mass is 507 g/mol. The third-order valence-corrected chi connectivity index (χ3v) is 8.35. The maximum absolute atomic E-state index is 12.9. The molecule has 1 aliphatic heterocycles. The van der Waals surface area contributed by atoms with Crippen LogP contribution in [0.1, 0.15) is 27.5 Å². The summed E-state index contributed by atoms with van der Waals surface area (Å²) < 4.78 is 25.7. The van der Waals surface area contributed by atoms with Gasteiger partial charge in [-0.3, -0.25) is 19.6 Å². The average Bonchev–Trinajstić information content (AvgIpc) is 2.91. The van der Waals surface area contributed by atoms with Crippen molar-refractivity contribution in [1.29, 1.82) is 0 Å². The number of carbonyl (C=O) groups is 1. The molecule has 9 heteroatoms. The van der Waals surface area contributed by atoms with Gasteiger partial charge >= 0.3 is 0 Å². The molecule has 1 saturated heterocycles. The van der Waals surface area contributed by atoms with Gasteiger partial charge in [-0.1, -0.05) is 36.4 Å². The third kappa shape index (κ3) is 6.36. The van der Waals surface area contributed by atoms with Gasteiger partial charge in [-0.15, -0.1) is 0 Å². The Morgan fingerprint density at radius 3 is 2.28 bits per heavy atom. The summed E-state index contributed by atoms with van der Waals surface area (Å²) in [5.41, 5.74) is 2.79. The van der Waals surface area contributed by atoms with Crippen LogP contribution in [0.3, 0.4) is 0 Å². The molecule has 2 aromatic carbocycles. The van der Waals surface area contributed by atoms with Crippen molar-refractivity contribution in [1.82, 2.24) is 24.4 Å². The molecule has 4 rings (SSSR count). The number of benzene rings is 2. The summed E-state index contributed by atoms with van der Waals surface area (Å²) in [6, 6.07) is 20.5. The van der Waals surface area contributed by atoms with Gasteiger partial charge in [0.25, 0.3) is 5.91 Å². The summed E-state index contributed by atoms with van der Waals surface area (Å²) in [5, 5.41) is 3.04. The van der Waals surface area contributed by atoms with Gasteiger partial charge in [0.2, 0.25) is 10.0 Å². The molecule has 36 heavy (non-hydrogen) atoms. The number of pyridine rings is 1. The lowest BCUT2D eigenvalue weighted by Gasteiger charge is -2.39. The Kier molecular flexibility index (Phi) is 8.48. The van der Waals surface area contributed by atoms with E-state index in [9.17, 15) is 13.2 Å². The van der Waals surface area contributed by atoms with Crippen molar-refractivity contribution < 1.29 is 13.2 Å². The Morgan fingerprint density at radius 1 is 0.972 bits per heavy atom. The zero-order valence-electron chi connectivity index (χ0n) is 20.7. The quantitative estimate of drug-likeness (QED) is 0.479. The molecule has 1 fully saturated rings. The molecular weight excluding hydrogens is 474 g/mol. The number of piperazine rings is 1. The van der Waals surface area contributed by atoms with E-state index in [-0.39, 0.29) is 16.8 Å². The molecule has 8 nitrogen and oxygen atoms in total. The van der Waals surface area contributed by atoms with Gasteiger partial charge in [0.1, 0.15) is 0 Å². The lowest BCUT2D eigenvalue weighted by Crippen LogP contribution is -2.49. The second kappa shape index (κ2) is 11.7. The lowest BCUT2D eigenvalue weighted by molar-refractivity contribution is 0.0821. The fourth-order valence-electron chi connectivity index (χ4n) is 4.39. The predicted molar refractivity (Wildman–Crippen MR) is 140 cm³/mol. The number of sulfonamides is 1. The van der Waals surface area contributed by atoms with Crippen LogP contribution in [0, 0.1) is 0 Å². The number of amides is 1. The molecule has 1 N–H and O–H groups in total. The first kappa shape index (κ1) is 26.0. The van der Waals surface area contributed by atoms with Crippen LogP contribution in [0.2, 0.25) is 0 Å². The third-order valence-electron chi connectivity index (χ3n) is 6.52. The number of nitrogens with zero attached hydrogens (tertiary/aromatic N) is 4. The molecule has 0 bridgehead atoms. The van der Waals surface area contributed by atoms with Gasteiger partial charge in [0.15, 0.2) is 0 Å². The van der Waals surface area contributed by atoms with E-state index < -0.39 is 10.0 Å². The second-order valence-corrected chi connectivity index (χ2v) is 11.3. The number of hydrogen-bond donors (Lipinski definition) is 1. The topological polar surface area (TPSA) is 85.8 Å². The number of hydrogen-bond acceptors (Lipinski definition) is 6. The minimum absolute atomic E-state index is 0.00471. The van der Waals surface area contributed by atoms with Gasteiger partial charge in [0.05, 0.1) is 10.9 Å². The highest BCUT2D eigenvalue weighted by atomic mass is 32.2. The van der Waals surface area contributed by atoms with Gasteiger partial charge < -0.3 is 5.32 Å². The van der Waals surface area contributed by atoms with Crippen molar-refractivity contribution in [2.75, 3.05) is 46.8 Å². The van der Waals surface area contributed by atoms with Crippen molar-refractivity contribution in [2.45, 2.75) is 17.5 Å². The van der Waals surface area contributed by atoms with E-state index >= 15 is 0 Å². The van der Waals surface area contributed by atoms with Crippen LogP contribution in [-0.2, 0) is 16.6 Å². The van der Waals surface area contributed by atoms with Crippen LogP contribution in [0.4, 0.5) is 0 Å². The van der Waals surface area contributed by atoms with Crippen LogP contribution in [0.15, 0.2) is 84.0 Å².